The van der Waals surface area contributed by atoms with E-state index >= 15 is 0 Å². The van der Waals surface area contributed by atoms with Crippen LogP contribution in [-0.2, 0) is 0 Å². The highest BCUT2D eigenvalue weighted by molar-refractivity contribution is 5.97. The fraction of sp³-hybridized carbons (Fsp3) is 0.227. The monoisotopic (exact) mass is 375 g/mol. The number of carbonyl (C=O) groups excluding carboxylic acids is 1. The summed E-state index contributed by atoms with van der Waals surface area (Å²) in [4.78, 5) is 23.2. The fourth-order valence-corrected chi connectivity index (χ4v) is 3.23. The van der Waals surface area contributed by atoms with Crippen LogP contribution in [0.3, 0.4) is 0 Å². The van der Waals surface area contributed by atoms with E-state index in [0.717, 1.165) is 12.8 Å². The minimum Gasteiger partial charge on any atom is -0.458 e. The van der Waals surface area contributed by atoms with Crippen molar-refractivity contribution in [2.45, 2.75) is 18.9 Å². The number of carbonyl (C=O) groups is 1. The van der Waals surface area contributed by atoms with E-state index in [0.29, 0.717) is 36.2 Å². The van der Waals surface area contributed by atoms with E-state index in [1.165, 1.54) is 0 Å². The average molecular weight is 375 g/mol. The van der Waals surface area contributed by atoms with Crippen LogP contribution >= 0.6 is 0 Å². The molecule has 142 valence electrons. The first kappa shape index (κ1) is 18.0. The second-order valence-electron chi connectivity index (χ2n) is 6.58. The minimum atomic E-state index is -0.123. The number of ether oxygens (including phenoxy) is 2. The van der Waals surface area contributed by atoms with Crippen molar-refractivity contribution in [3.8, 4) is 17.5 Å². The van der Waals surface area contributed by atoms with Gasteiger partial charge in [-0.1, -0.05) is 30.3 Å². The molecule has 3 aromatic rings. The van der Waals surface area contributed by atoms with Crippen LogP contribution in [0.5, 0.6) is 17.5 Å². The second kappa shape index (κ2) is 8.52. The van der Waals surface area contributed by atoms with E-state index in [9.17, 15) is 4.79 Å². The lowest BCUT2D eigenvalue weighted by Crippen LogP contribution is -2.44. The molecule has 0 N–H and O–H groups in total. The quantitative estimate of drug-likeness (QED) is 0.676. The van der Waals surface area contributed by atoms with Crippen LogP contribution in [0.15, 0.2) is 73.1 Å². The van der Waals surface area contributed by atoms with Gasteiger partial charge < -0.3 is 14.4 Å². The molecule has 1 aliphatic rings. The summed E-state index contributed by atoms with van der Waals surface area (Å²) < 4.78 is 11.8. The molecule has 0 radical (unpaired) electrons. The normalized spacial score (nSPS) is 16.4. The molecule has 0 bridgehead atoms. The van der Waals surface area contributed by atoms with Crippen LogP contribution in [0.25, 0.3) is 0 Å². The molecule has 1 unspecified atom stereocenters. The first-order valence-electron chi connectivity index (χ1n) is 9.34. The molecule has 0 saturated carbocycles. The Labute approximate surface area is 163 Å². The predicted molar refractivity (Wildman–Crippen MR) is 105 cm³/mol. The summed E-state index contributed by atoms with van der Waals surface area (Å²) in [6, 6.07) is 18.9. The summed E-state index contributed by atoms with van der Waals surface area (Å²) in [7, 11) is 0. The van der Waals surface area contributed by atoms with Gasteiger partial charge in [-0.25, -0.2) is 9.97 Å². The van der Waals surface area contributed by atoms with Crippen molar-refractivity contribution in [3.05, 3.63) is 78.6 Å². The molecule has 2 aromatic carbocycles. The summed E-state index contributed by atoms with van der Waals surface area (Å²) in [5, 5.41) is 0. The van der Waals surface area contributed by atoms with Crippen LogP contribution in [0.1, 0.15) is 23.2 Å². The van der Waals surface area contributed by atoms with Gasteiger partial charge in [0.25, 0.3) is 5.91 Å². The zero-order valence-electron chi connectivity index (χ0n) is 15.4. The molecule has 1 aliphatic heterocycles. The Kier molecular flexibility index (Phi) is 5.47. The maximum absolute atomic E-state index is 13.2. The molecule has 6 nitrogen and oxygen atoms in total. The molecule has 28 heavy (non-hydrogen) atoms. The number of para-hydroxylation sites is 2. The van der Waals surface area contributed by atoms with Crippen molar-refractivity contribution in [1.29, 1.82) is 0 Å². The highest BCUT2D eigenvalue weighted by atomic mass is 16.5. The standard InChI is InChI=1S/C22H21N3O3/c26-21(19-11-4-5-12-20(19)27-17-8-2-1-3-9-17)25-15-6-10-18(16-25)28-22-23-13-7-14-24-22/h1-5,7-9,11-14,18H,6,10,15-16H2. The zero-order valence-corrected chi connectivity index (χ0v) is 15.4. The molecule has 1 aromatic heterocycles. The SMILES string of the molecule is O=C(c1ccccc1Oc1ccccc1)N1CCCC(Oc2ncccn2)C1. The summed E-state index contributed by atoms with van der Waals surface area (Å²) in [6.07, 6.45) is 4.90. The summed E-state index contributed by atoms with van der Waals surface area (Å²) in [6.45, 7) is 1.19. The van der Waals surface area contributed by atoms with Crippen LogP contribution in [0, 0.1) is 0 Å². The number of nitrogens with zero attached hydrogens (tertiary/aromatic N) is 3. The Bertz CT molecular complexity index is 919. The van der Waals surface area contributed by atoms with Gasteiger partial charge in [0.05, 0.1) is 12.1 Å². The van der Waals surface area contributed by atoms with Gasteiger partial charge in [0.15, 0.2) is 0 Å². The number of amides is 1. The first-order chi connectivity index (χ1) is 13.8. The average Bonchev–Trinajstić information content (AvgIpc) is 2.75. The summed E-state index contributed by atoms with van der Waals surface area (Å²) in [5.74, 6) is 1.19. The highest BCUT2D eigenvalue weighted by Crippen LogP contribution is 2.27. The number of piperidine rings is 1. The Morgan fingerprint density at radius 3 is 2.54 bits per heavy atom. The van der Waals surface area contributed by atoms with Crippen molar-refractivity contribution in [3.63, 3.8) is 0 Å². The van der Waals surface area contributed by atoms with Crippen LogP contribution in [-0.4, -0.2) is 40.0 Å². The number of aromatic nitrogens is 2. The number of hydrogen-bond acceptors (Lipinski definition) is 5. The van der Waals surface area contributed by atoms with Gasteiger partial charge in [-0.15, -0.1) is 0 Å². The van der Waals surface area contributed by atoms with Gasteiger partial charge in [0.1, 0.15) is 17.6 Å². The molecule has 1 atom stereocenters. The van der Waals surface area contributed by atoms with Gasteiger partial charge in [-0.2, -0.15) is 0 Å². The Morgan fingerprint density at radius 1 is 0.964 bits per heavy atom. The van der Waals surface area contributed by atoms with Crippen molar-refractivity contribution in [1.82, 2.24) is 14.9 Å². The van der Waals surface area contributed by atoms with Crippen molar-refractivity contribution in [2.24, 2.45) is 0 Å². The summed E-state index contributed by atoms with van der Waals surface area (Å²) in [5.41, 5.74) is 0.544. The fourth-order valence-electron chi connectivity index (χ4n) is 3.23. The van der Waals surface area contributed by atoms with Crippen molar-refractivity contribution >= 4 is 5.91 Å². The molecule has 0 aliphatic carbocycles. The zero-order chi connectivity index (χ0) is 19.2. The first-order valence-corrected chi connectivity index (χ1v) is 9.34. The molecule has 6 heteroatoms. The van der Waals surface area contributed by atoms with Crippen LogP contribution < -0.4 is 9.47 Å². The molecule has 2 heterocycles. The highest BCUT2D eigenvalue weighted by Gasteiger charge is 2.27. The van der Waals surface area contributed by atoms with Crippen LogP contribution in [0.2, 0.25) is 0 Å². The minimum absolute atomic E-state index is 0.0613. The number of hydrogen-bond donors (Lipinski definition) is 0. The van der Waals surface area contributed by atoms with Crippen molar-refractivity contribution in [2.75, 3.05) is 13.1 Å². The molecule has 0 spiro atoms. The number of rotatable bonds is 5. The van der Waals surface area contributed by atoms with E-state index in [1.54, 1.807) is 24.5 Å². The van der Waals surface area contributed by atoms with Gasteiger partial charge in [0, 0.05) is 18.9 Å². The molecule has 1 amide bonds. The van der Waals surface area contributed by atoms with E-state index < -0.39 is 0 Å². The van der Waals surface area contributed by atoms with E-state index in [1.807, 2.05) is 53.4 Å². The van der Waals surface area contributed by atoms with E-state index in [4.69, 9.17) is 9.47 Å². The topological polar surface area (TPSA) is 64.5 Å². The largest absolute Gasteiger partial charge is 0.458 e. The lowest BCUT2D eigenvalue weighted by atomic mass is 10.1. The third-order valence-corrected chi connectivity index (χ3v) is 4.57. The molecule has 4 rings (SSSR count). The second-order valence-corrected chi connectivity index (χ2v) is 6.58. The lowest BCUT2D eigenvalue weighted by Gasteiger charge is -2.32. The summed E-state index contributed by atoms with van der Waals surface area (Å²) >= 11 is 0. The van der Waals surface area contributed by atoms with Gasteiger partial charge >= 0.3 is 6.01 Å². The Morgan fingerprint density at radius 2 is 1.71 bits per heavy atom. The van der Waals surface area contributed by atoms with Gasteiger partial charge in [-0.3, -0.25) is 4.79 Å². The van der Waals surface area contributed by atoms with Gasteiger partial charge in [-0.05, 0) is 43.2 Å². The van der Waals surface area contributed by atoms with E-state index in [-0.39, 0.29) is 12.0 Å². The molecule has 1 saturated heterocycles. The van der Waals surface area contributed by atoms with Crippen molar-refractivity contribution < 1.29 is 14.3 Å². The van der Waals surface area contributed by atoms with E-state index in [2.05, 4.69) is 9.97 Å². The maximum Gasteiger partial charge on any atom is 0.316 e. The smallest absolute Gasteiger partial charge is 0.316 e. The Hall–Kier alpha value is -3.41. The van der Waals surface area contributed by atoms with Gasteiger partial charge in [0.2, 0.25) is 0 Å². The maximum atomic E-state index is 13.2. The molecule has 1 fully saturated rings. The lowest BCUT2D eigenvalue weighted by molar-refractivity contribution is 0.0513. The molecular weight excluding hydrogens is 354 g/mol. The Balaban J connectivity index is 1.48. The molecular formula is C22H21N3O3. The predicted octanol–water partition coefficient (Wildman–Crippen LogP) is 3.95. The third-order valence-electron chi connectivity index (χ3n) is 4.57. The third kappa shape index (κ3) is 4.28. The number of benzene rings is 2. The van der Waals surface area contributed by atoms with Crippen LogP contribution in [0.4, 0.5) is 0 Å². The number of likely N-dealkylation sites (tertiary alicyclic amines) is 1.